The first kappa shape index (κ1) is 61.4. The molecule has 0 atom stereocenters. The molecule has 0 aliphatic carbocycles. The van der Waals surface area contributed by atoms with Crippen LogP contribution in [0.25, 0.3) is 131 Å². The maximum Gasteiger partial charge on any atom is 0.0614 e. The summed E-state index contributed by atoms with van der Waals surface area (Å²) >= 11 is 0. The maximum absolute atomic E-state index is 2.72. The molecule has 0 aliphatic rings. The van der Waals surface area contributed by atoms with Gasteiger partial charge in [-0.3, -0.25) is 0 Å². The Morgan fingerprint density at radius 3 is 0.467 bits per heavy atom. The van der Waals surface area contributed by atoms with Gasteiger partial charge in [-0.2, -0.15) is 0 Å². The van der Waals surface area contributed by atoms with Crippen LogP contribution >= 0.6 is 0 Å². The lowest BCUT2D eigenvalue weighted by molar-refractivity contribution is 0.600. The summed E-state index contributed by atoms with van der Waals surface area (Å²) in [5.74, 6) is 0. The van der Waals surface area contributed by atoms with E-state index in [1.807, 2.05) is 0 Å². The fourth-order valence-electron chi connectivity index (χ4n) is 16.4. The van der Waals surface area contributed by atoms with E-state index in [-0.39, 0.29) is 0 Å². The molecule has 90 heavy (non-hydrogen) atoms. The van der Waals surface area contributed by atoms with Gasteiger partial charge >= 0.3 is 0 Å². The van der Waals surface area contributed by atoms with Crippen molar-refractivity contribution in [2.75, 3.05) is 0 Å². The monoisotopic (exact) mass is 1190 g/mol. The van der Waals surface area contributed by atoms with Crippen LogP contribution in [0.15, 0.2) is 146 Å². The highest BCUT2D eigenvalue weighted by atomic mass is 15.1. The zero-order chi connectivity index (χ0) is 61.5. The number of para-hydroxylation sites is 6. The van der Waals surface area contributed by atoms with Crippen LogP contribution in [0.2, 0.25) is 0 Å². The van der Waals surface area contributed by atoms with Crippen molar-refractivity contribution in [2.24, 2.45) is 0 Å². The van der Waals surface area contributed by atoms with Crippen molar-refractivity contribution in [1.82, 2.24) is 27.4 Å². The zero-order valence-electron chi connectivity index (χ0n) is 55.8. The highest BCUT2D eigenvalue weighted by Crippen LogP contribution is 2.51. The van der Waals surface area contributed by atoms with Crippen molar-refractivity contribution in [3.8, 4) is 0 Å². The molecule has 14 aromatic rings. The van der Waals surface area contributed by atoms with E-state index in [9.17, 15) is 0 Å². The van der Waals surface area contributed by atoms with E-state index in [1.54, 1.807) is 0 Å². The van der Waals surface area contributed by atoms with E-state index < -0.39 is 0 Å². The molecule has 6 aromatic heterocycles. The topological polar surface area (TPSA) is 29.6 Å². The van der Waals surface area contributed by atoms with Crippen LogP contribution in [0.4, 0.5) is 0 Å². The fraction of sp³-hybridized carbons (Fsp3) is 0.429. The van der Waals surface area contributed by atoms with Crippen LogP contribution in [0.3, 0.4) is 0 Å². The molecule has 0 aliphatic heterocycles. The third kappa shape index (κ3) is 11.1. The average molecular weight is 1200 g/mol. The minimum Gasteiger partial charge on any atom is -0.340 e. The van der Waals surface area contributed by atoms with Crippen LogP contribution < -0.4 is 0 Å². The standard InChI is InChI=1S/2C42H51N3/c2*1-4-7-10-19-28-43-34-25-16-13-22-31(34)37-40(43)38-32-23-14-17-26-35(32)44(29-20-11-8-5-2)42(38)39-33-24-15-18-27-36(33)45(41(37)39)30-21-12-9-6-3/h2*13-18,22-27H,4-12,19-21,28-30H2,1-3H3. The van der Waals surface area contributed by atoms with E-state index in [2.05, 4.69) is 215 Å². The lowest BCUT2D eigenvalue weighted by Gasteiger charge is -2.13. The second kappa shape index (κ2) is 28.4. The predicted octanol–water partition coefficient (Wildman–Crippen LogP) is 25.5. The average Bonchev–Trinajstić information content (AvgIpc) is 1.52. The molecule has 468 valence electrons. The third-order valence-electron chi connectivity index (χ3n) is 20.7. The Bertz CT molecular complexity index is 3930. The SMILES string of the molecule is CCCCCCn1c2ccccc2c2c1c1c3ccccc3n(CCCCCC)c1c1c3ccccc3n(CCCCCC)c21.CCCCCCn1c2ccccc2c2c1c1c3ccccc3n(CCCCCC)c1c1c3ccccc3n(CCCCCC)c21. The van der Waals surface area contributed by atoms with E-state index in [0.717, 1.165) is 39.3 Å². The number of rotatable bonds is 30. The molecule has 6 heteroatoms. The first-order valence-electron chi connectivity index (χ1n) is 36.3. The van der Waals surface area contributed by atoms with Crippen LogP contribution in [0, 0.1) is 0 Å². The second-order valence-electron chi connectivity index (χ2n) is 26.7. The Balaban J connectivity index is 0.000000165. The molecule has 0 amide bonds. The Morgan fingerprint density at radius 1 is 0.178 bits per heavy atom. The first-order chi connectivity index (χ1) is 44.6. The van der Waals surface area contributed by atoms with Gasteiger partial charge in [-0.15, -0.1) is 0 Å². The molecule has 0 N–H and O–H groups in total. The largest absolute Gasteiger partial charge is 0.340 e. The van der Waals surface area contributed by atoms with Gasteiger partial charge in [-0.1, -0.05) is 266 Å². The summed E-state index contributed by atoms with van der Waals surface area (Å²) in [6.45, 7) is 20.3. The van der Waals surface area contributed by atoms with Crippen LogP contribution in [-0.2, 0) is 39.3 Å². The van der Waals surface area contributed by atoms with Crippen molar-refractivity contribution < 1.29 is 0 Å². The summed E-state index contributed by atoms with van der Waals surface area (Å²) in [6.07, 6.45) is 30.4. The van der Waals surface area contributed by atoms with Gasteiger partial charge in [0.25, 0.3) is 0 Å². The maximum atomic E-state index is 2.72. The summed E-state index contributed by atoms with van der Waals surface area (Å²) in [7, 11) is 0. The molecular formula is C84H102N6. The van der Waals surface area contributed by atoms with Gasteiger partial charge in [-0.25, -0.2) is 0 Å². The summed E-state index contributed by atoms with van der Waals surface area (Å²) in [6, 6.07) is 55.7. The molecular weight excluding hydrogens is 1090 g/mol. The lowest BCUT2D eigenvalue weighted by atomic mass is 10.0. The van der Waals surface area contributed by atoms with E-state index in [1.165, 1.54) is 285 Å². The van der Waals surface area contributed by atoms with Gasteiger partial charge in [0.15, 0.2) is 0 Å². The van der Waals surface area contributed by atoms with Crippen LogP contribution in [-0.4, -0.2) is 27.4 Å². The number of fused-ring (bicyclic) bond motifs is 24. The molecule has 0 fully saturated rings. The zero-order valence-corrected chi connectivity index (χ0v) is 55.8. The Hall–Kier alpha value is -7.44. The summed E-state index contributed by atoms with van der Waals surface area (Å²) in [5.41, 5.74) is 17.1. The van der Waals surface area contributed by atoms with Gasteiger partial charge in [-0.05, 0) is 74.9 Å². The van der Waals surface area contributed by atoms with Gasteiger partial charge in [0.05, 0.1) is 33.1 Å². The summed E-state index contributed by atoms with van der Waals surface area (Å²) in [5, 5.41) is 17.2. The molecule has 14 rings (SSSR count). The molecule has 6 nitrogen and oxygen atoms in total. The minimum absolute atomic E-state index is 1.07. The molecule has 8 aromatic carbocycles. The molecule has 6 heterocycles. The molecule has 0 unspecified atom stereocenters. The number of benzene rings is 8. The van der Waals surface area contributed by atoms with Crippen molar-refractivity contribution in [1.29, 1.82) is 0 Å². The van der Waals surface area contributed by atoms with Crippen molar-refractivity contribution in [3.05, 3.63) is 146 Å². The number of hydrogen-bond acceptors (Lipinski definition) is 0. The van der Waals surface area contributed by atoms with Gasteiger partial charge < -0.3 is 27.4 Å². The van der Waals surface area contributed by atoms with Crippen LogP contribution in [0.5, 0.6) is 0 Å². The van der Waals surface area contributed by atoms with E-state index >= 15 is 0 Å². The number of aryl methyl sites for hydroxylation is 6. The minimum atomic E-state index is 1.07. The number of nitrogens with zero attached hydrogens (tertiary/aromatic N) is 6. The van der Waals surface area contributed by atoms with Crippen molar-refractivity contribution in [2.45, 2.75) is 235 Å². The first-order valence-corrected chi connectivity index (χ1v) is 36.3. The Morgan fingerprint density at radius 2 is 0.322 bits per heavy atom. The quantitative estimate of drug-likeness (QED) is 0.0402. The van der Waals surface area contributed by atoms with Gasteiger partial charge in [0.2, 0.25) is 0 Å². The summed E-state index contributed by atoms with van der Waals surface area (Å²) < 4.78 is 16.3. The smallest absolute Gasteiger partial charge is 0.0614 e. The number of unbranched alkanes of at least 4 members (excludes halogenated alkanes) is 18. The van der Waals surface area contributed by atoms with Crippen molar-refractivity contribution >= 4 is 131 Å². The third-order valence-corrected chi connectivity index (χ3v) is 20.7. The highest BCUT2D eigenvalue weighted by Gasteiger charge is 2.29. The molecule has 0 spiro atoms. The highest BCUT2D eigenvalue weighted by molar-refractivity contribution is 6.41. The number of aromatic nitrogens is 6. The van der Waals surface area contributed by atoms with Gasteiger partial charge in [0, 0.05) is 137 Å². The fourth-order valence-corrected chi connectivity index (χ4v) is 16.4. The lowest BCUT2D eigenvalue weighted by Crippen LogP contribution is -2.01. The van der Waals surface area contributed by atoms with Gasteiger partial charge in [0.1, 0.15) is 0 Å². The predicted molar refractivity (Wildman–Crippen MR) is 396 cm³/mol. The number of hydrogen-bond donors (Lipinski definition) is 0. The molecule has 0 bridgehead atoms. The Labute approximate surface area is 535 Å². The van der Waals surface area contributed by atoms with Crippen LogP contribution in [0.1, 0.15) is 196 Å². The van der Waals surface area contributed by atoms with Crippen molar-refractivity contribution in [3.63, 3.8) is 0 Å². The summed E-state index contributed by atoms with van der Waals surface area (Å²) in [4.78, 5) is 0. The van der Waals surface area contributed by atoms with E-state index in [0.29, 0.717) is 0 Å². The second-order valence-corrected chi connectivity index (χ2v) is 26.7. The molecule has 0 saturated carbocycles. The molecule has 0 saturated heterocycles. The molecule has 0 radical (unpaired) electrons. The Kier molecular flexibility index (Phi) is 19.4. The van der Waals surface area contributed by atoms with E-state index in [4.69, 9.17) is 0 Å². The normalized spacial score (nSPS) is 12.3.